The molecule has 72 valence electrons. The van der Waals surface area contributed by atoms with E-state index in [1.807, 2.05) is 31.2 Å². The molecule has 0 N–H and O–H groups in total. The van der Waals surface area contributed by atoms with Gasteiger partial charge in [0.25, 0.3) is 0 Å². The Bertz CT molecular complexity index is 480. The first-order chi connectivity index (χ1) is 6.70. The molecule has 0 unspecified atom stereocenters. The summed E-state index contributed by atoms with van der Waals surface area (Å²) in [7, 11) is 0. The second-order valence-corrected chi connectivity index (χ2v) is 3.92. The molecule has 1 nitrogen and oxygen atoms in total. The van der Waals surface area contributed by atoms with Crippen LogP contribution in [-0.2, 0) is 5.88 Å². The van der Waals surface area contributed by atoms with Crippen LogP contribution < -0.4 is 0 Å². The Morgan fingerprint density at radius 2 is 2.07 bits per heavy atom. The number of fused-ring (bicyclic) bond motifs is 1. The molecule has 0 radical (unpaired) electrons. The molecule has 1 aromatic heterocycles. The third-order valence-electron chi connectivity index (χ3n) is 2.10. The third-order valence-corrected chi connectivity index (χ3v) is 2.69. The van der Waals surface area contributed by atoms with Crippen molar-refractivity contribution in [1.29, 1.82) is 0 Å². The van der Waals surface area contributed by atoms with E-state index in [0.29, 0.717) is 10.9 Å². The van der Waals surface area contributed by atoms with E-state index in [9.17, 15) is 0 Å². The molecule has 0 aliphatic rings. The molecular formula is C11H9Cl2N. The first-order valence-electron chi connectivity index (χ1n) is 4.32. The second kappa shape index (κ2) is 3.76. The van der Waals surface area contributed by atoms with Crippen LogP contribution in [-0.4, -0.2) is 4.98 Å². The summed E-state index contributed by atoms with van der Waals surface area (Å²) in [4.78, 5) is 4.38. The number of aromatic nitrogens is 1. The largest absolute Gasteiger partial charge is 0.251 e. The van der Waals surface area contributed by atoms with Crippen LogP contribution in [0.5, 0.6) is 0 Å². The van der Waals surface area contributed by atoms with Gasteiger partial charge in [0.1, 0.15) is 0 Å². The monoisotopic (exact) mass is 225 g/mol. The standard InChI is InChI=1S/C11H9Cl2N/c1-7-2-3-11-9(4-7)10(13)5-8(6-12)14-11/h2-5H,6H2,1H3. The van der Waals surface area contributed by atoms with E-state index in [-0.39, 0.29) is 0 Å². The van der Waals surface area contributed by atoms with E-state index in [1.54, 1.807) is 0 Å². The van der Waals surface area contributed by atoms with Crippen LogP contribution in [0.4, 0.5) is 0 Å². The molecule has 1 heterocycles. The van der Waals surface area contributed by atoms with Crippen LogP contribution in [0.1, 0.15) is 11.3 Å². The Labute approximate surface area is 92.7 Å². The maximum absolute atomic E-state index is 6.11. The molecule has 2 rings (SSSR count). The number of hydrogen-bond acceptors (Lipinski definition) is 1. The smallest absolute Gasteiger partial charge is 0.0720 e. The minimum atomic E-state index is 0.392. The number of halogens is 2. The van der Waals surface area contributed by atoms with Gasteiger partial charge in [0.05, 0.1) is 22.1 Å². The summed E-state index contributed by atoms with van der Waals surface area (Å²) in [5.74, 6) is 0.392. The van der Waals surface area contributed by atoms with Crippen molar-refractivity contribution in [2.75, 3.05) is 0 Å². The summed E-state index contributed by atoms with van der Waals surface area (Å²) < 4.78 is 0. The lowest BCUT2D eigenvalue weighted by Crippen LogP contribution is -1.88. The number of benzene rings is 1. The summed E-state index contributed by atoms with van der Waals surface area (Å²) in [5.41, 5.74) is 2.89. The molecule has 0 amide bonds. The molecule has 3 heteroatoms. The van der Waals surface area contributed by atoms with Gasteiger partial charge in [-0.1, -0.05) is 23.2 Å². The highest BCUT2D eigenvalue weighted by molar-refractivity contribution is 6.35. The zero-order valence-corrected chi connectivity index (χ0v) is 9.23. The van der Waals surface area contributed by atoms with Gasteiger partial charge in [-0.05, 0) is 25.1 Å². The highest BCUT2D eigenvalue weighted by Gasteiger charge is 2.03. The Balaban J connectivity index is 2.76. The predicted molar refractivity (Wildman–Crippen MR) is 61.0 cm³/mol. The Hall–Kier alpha value is -0.790. The maximum atomic E-state index is 6.11. The molecule has 14 heavy (non-hydrogen) atoms. The third kappa shape index (κ3) is 1.70. The molecule has 1 aromatic carbocycles. The van der Waals surface area contributed by atoms with Gasteiger partial charge in [0.15, 0.2) is 0 Å². The van der Waals surface area contributed by atoms with Gasteiger partial charge in [0, 0.05) is 5.39 Å². The van der Waals surface area contributed by atoms with E-state index in [0.717, 1.165) is 16.6 Å². The Morgan fingerprint density at radius 1 is 1.29 bits per heavy atom. The molecule has 0 aliphatic carbocycles. The Kier molecular flexibility index (Phi) is 2.62. The van der Waals surface area contributed by atoms with Crippen molar-refractivity contribution in [3.63, 3.8) is 0 Å². The molecule has 2 aromatic rings. The van der Waals surface area contributed by atoms with Gasteiger partial charge >= 0.3 is 0 Å². The van der Waals surface area contributed by atoms with Gasteiger partial charge in [-0.3, -0.25) is 4.98 Å². The fraction of sp³-hybridized carbons (Fsp3) is 0.182. The lowest BCUT2D eigenvalue weighted by Gasteiger charge is -2.03. The van der Waals surface area contributed by atoms with E-state index < -0.39 is 0 Å². The van der Waals surface area contributed by atoms with Crippen molar-refractivity contribution in [2.45, 2.75) is 12.8 Å². The van der Waals surface area contributed by atoms with E-state index in [1.165, 1.54) is 5.56 Å². The van der Waals surface area contributed by atoms with E-state index in [4.69, 9.17) is 23.2 Å². The van der Waals surface area contributed by atoms with Gasteiger partial charge in [-0.2, -0.15) is 0 Å². The molecule has 0 atom stereocenters. The number of pyridine rings is 1. The van der Waals surface area contributed by atoms with Gasteiger partial charge in [0.2, 0.25) is 0 Å². The fourth-order valence-electron chi connectivity index (χ4n) is 1.42. The van der Waals surface area contributed by atoms with Crippen LogP contribution in [0, 0.1) is 6.92 Å². The highest BCUT2D eigenvalue weighted by Crippen LogP contribution is 2.24. The zero-order valence-electron chi connectivity index (χ0n) is 7.72. The summed E-state index contributed by atoms with van der Waals surface area (Å²) in [6.45, 7) is 2.03. The molecule has 0 spiro atoms. The van der Waals surface area contributed by atoms with Gasteiger partial charge in [-0.15, -0.1) is 11.6 Å². The first-order valence-corrected chi connectivity index (χ1v) is 5.23. The fourth-order valence-corrected chi connectivity index (χ4v) is 1.83. The molecule has 0 saturated heterocycles. The van der Waals surface area contributed by atoms with Crippen LogP contribution in [0.3, 0.4) is 0 Å². The molecule has 0 saturated carbocycles. The Morgan fingerprint density at radius 3 is 2.79 bits per heavy atom. The van der Waals surface area contributed by atoms with Crippen LogP contribution in [0.25, 0.3) is 10.9 Å². The molecule has 0 bridgehead atoms. The van der Waals surface area contributed by atoms with Crippen molar-refractivity contribution in [3.8, 4) is 0 Å². The van der Waals surface area contributed by atoms with Crippen molar-refractivity contribution >= 4 is 34.1 Å². The number of rotatable bonds is 1. The molecule has 0 aliphatic heterocycles. The maximum Gasteiger partial charge on any atom is 0.0720 e. The lowest BCUT2D eigenvalue weighted by molar-refractivity contribution is 1.21. The van der Waals surface area contributed by atoms with E-state index in [2.05, 4.69) is 4.98 Å². The van der Waals surface area contributed by atoms with Crippen molar-refractivity contribution in [2.24, 2.45) is 0 Å². The average molecular weight is 226 g/mol. The van der Waals surface area contributed by atoms with Crippen molar-refractivity contribution in [1.82, 2.24) is 4.98 Å². The molecule has 0 fully saturated rings. The SMILES string of the molecule is Cc1ccc2nc(CCl)cc(Cl)c2c1. The zero-order chi connectivity index (χ0) is 10.1. The van der Waals surface area contributed by atoms with Crippen molar-refractivity contribution in [3.05, 3.63) is 40.5 Å². The molecular weight excluding hydrogens is 217 g/mol. The van der Waals surface area contributed by atoms with Crippen LogP contribution >= 0.6 is 23.2 Å². The normalized spacial score (nSPS) is 10.8. The quantitative estimate of drug-likeness (QED) is 0.671. The number of hydrogen-bond donors (Lipinski definition) is 0. The summed E-state index contributed by atoms with van der Waals surface area (Å²) in [6.07, 6.45) is 0. The summed E-state index contributed by atoms with van der Waals surface area (Å²) >= 11 is 11.8. The summed E-state index contributed by atoms with van der Waals surface area (Å²) in [5, 5.41) is 1.70. The second-order valence-electron chi connectivity index (χ2n) is 3.25. The number of aryl methyl sites for hydroxylation is 1. The lowest BCUT2D eigenvalue weighted by atomic mass is 10.1. The topological polar surface area (TPSA) is 12.9 Å². The van der Waals surface area contributed by atoms with E-state index >= 15 is 0 Å². The summed E-state index contributed by atoms with van der Waals surface area (Å²) in [6, 6.07) is 7.83. The first kappa shape index (κ1) is 9.75. The van der Waals surface area contributed by atoms with Crippen LogP contribution in [0.2, 0.25) is 5.02 Å². The highest BCUT2D eigenvalue weighted by atomic mass is 35.5. The van der Waals surface area contributed by atoms with Gasteiger partial charge < -0.3 is 0 Å². The minimum absolute atomic E-state index is 0.392. The average Bonchev–Trinajstić information content (AvgIpc) is 2.19. The number of nitrogens with zero attached hydrogens (tertiary/aromatic N) is 1. The van der Waals surface area contributed by atoms with Crippen molar-refractivity contribution < 1.29 is 0 Å². The number of alkyl halides is 1. The van der Waals surface area contributed by atoms with Gasteiger partial charge in [-0.25, -0.2) is 0 Å². The minimum Gasteiger partial charge on any atom is -0.251 e. The predicted octanol–water partition coefficient (Wildman–Crippen LogP) is 3.94. The van der Waals surface area contributed by atoms with Crippen LogP contribution in [0.15, 0.2) is 24.3 Å².